The van der Waals surface area contributed by atoms with Crippen LogP contribution in [0.15, 0.2) is 73.1 Å². The van der Waals surface area contributed by atoms with Crippen molar-refractivity contribution in [2.45, 2.75) is 45.6 Å². The summed E-state index contributed by atoms with van der Waals surface area (Å²) < 4.78 is 2.23. The summed E-state index contributed by atoms with van der Waals surface area (Å²) in [6.07, 6.45) is 13.1. The third-order valence-corrected chi connectivity index (χ3v) is 5.34. The summed E-state index contributed by atoms with van der Waals surface area (Å²) >= 11 is 0. The molecule has 0 saturated heterocycles. The highest BCUT2D eigenvalue weighted by Crippen LogP contribution is 2.27. The lowest BCUT2D eigenvalue weighted by Gasteiger charge is -2.30. The zero-order chi connectivity index (χ0) is 18.8. The van der Waals surface area contributed by atoms with Crippen LogP contribution in [-0.2, 0) is 6.42 Å². The number of aromatic nitrogens is 2. The number of imidazole rings is 1. The van der Waals surface area contributed by atoms with Gasteiger partial charge in [0.15, 0.2) is 0 Å². The van der Waals surface area contributed by atoms with Crippen molar-refractivity contribution in [3.8, 4) is 0 Å². The van der Waals surface area contributed by atoms with Crippen LogP contribution < -0.4 is 4.90 Å². The monoisotopic (exact) mass is 357 g/mol. The van der Waals surface area contributed by atoms with Crippen molar-refractivity contribution < 1.29 is 0 Å². The maximum absolute atomic E-state index is 4.81. The van der Waals surface area contributed by atoms with E-state index in [1.54, 1.807) is 0 Å². The highest BCUT2D eigenvalue weighted by atomic mass is 15.2. The molecule has 1 aliphatic heterocycles. The van der Waals surface area contributed by atoms with Crippen molar-refractivity contribution in [3.05, 3.63) is 90.0 Å². The van der Waals surface area contributed by atoms with E-state index in [0.29, 0.717) is 12.0 Å². The minimum atomic E-state index is 0.362. The molecule has 1 unspecified atom stereocenters. The van der Waals surface area contributed by atoms with Crippen molar-refractivity contribution in [2.24, 2.45) is 0 Å². The van der Waals surface area contributed by atoms with Crippen LogP contribution in [0.3, 0.4) is 0 Å². The van der Waals surface area contributed by atoms with Gasteiger partial charge in [-0.05, 0) is 49.5 Å². The van der Waals surface area contributed by atoms with E-state index in [9.17, 15) is 0 Å². The largest absolute Gasteiger partial charge is 0.340 e. The van der Waals surface area contributed by atoms with Gasteiger partial charge in [-0.25, -0.2) is 4.98 Å². The molecule has 0 N–H and O–H groups in total. The highest BCUT2D eigenvalue weighted by molar-refractivity contribution is 5.57. The van der Waals surface area contributed by atoms with Crippen molar-refractivity contribution in [2.75, 3.05) is 4.90 Å². The van der Waals surface area contributed by atoms with Gasteiger partial charge in [0.1, 0.15) is 5.65 Å². The SMILES string of the molecule is Cc1c(C(C)C)nc2ccc(N3C=CC=CC3CCc3ccccc3)cn12. The van der Waals surface area contributed by atoms with E-state index >= 15 is 0 Å². The van der Waals surface area contributed by atoms with E-state index in [1.165, 1.54) is 22.6 Å². The first-order valence-corrected chi connectivity index (χ1v) is 9.79. The molecule has 3 heterocycles. The Hall–Kier alpha value is -2.81. The maximum Gasteiger partial charge on any atom is 0.137 e. The first-order valence-electron chi connectivity index (χ1n) is 9.79. The van der Waals surface area contributed by atoms with Gasteiger partial charge in [0, 0.05) is 18.1 Å². The van der Waals surface area contributed by atoms with Gasteiger partial charge in [-0.15, -0.1) is 0 Å². The summed E-state index contributed by atoms with van der Waals surface area (Å²) in [6, 6.07) is 15.4. The van der Waals surface area contributed by atoms with Crippen LogP contribution in [0.2, 0.25) is 0 Å². The Kier molecular flexibility index (Phi) is 4.85. The molecule has 2 aromatic heterocycles. The van der Waals surface area contributed by atoms with E-state index < -0.39 is 0 Å². The third kappa shape index (κ3) is 3.55. The molecule has 0 aliphatic carbocycles. The number of nitrogens with zero attached hydrogens (tertiary/aromatic N) is 3. The molecule has 3 nitrogen and oxygen atoms in total. The lowest BCUT2D eigenvalue weighted by Crippen LogP contribution is -2.31. The van der Waals surface area contributed by atoms with Crippen LogP contribution in [0.5, 0.6) is 0 Å². The van der Waals surface area contributed by atoms with E-state index in [-0.39, 0.29) is 0 Å². The predicted octanol–water partition coefficient (Wildman–Crippen LogP) is 5.66. The lowest BCUT2D eigenvalue weighted by atomic mass is 10.0. The van der Waals surface area contributed by atoms with Gasteiger partial charge in [0.05, 0.1) is 17.4 Å². The van der Waals surface area contributed by atoms with Crippen LogP contribution in [0.4, 0.5) is 5.69 Å². The van der Waals surface area contributed by atoms with E-state index in [4.69, 9.17) is 4.98 Å². The average Bonchev–Trinajstić information content (AvgIpc) is 3.04. The second-order valence-corrected chi connectivity index (χ2v) is 7.58. The van der Waals surface area contributed by atoms with Gasteiger partial charge >= 0.3 is 0 Å². The number of rotatable bonds is 5. The Bertz CT molecular complexity index is 980. The summed E-state index contributed by atoms with van der Waals surface area (Å²) in [5.74, 6) is 0.435. The fourth-order valence-electron chi connectivity index (χ4n) is 3.88. The number of hydrogen-bond donors (Lipinski definition) is 0. The van der Waals surface area contributed by atoms with Crippen LogP contribution in [0, 0.1) is 6.92 Å². The Morgan fingerprint density at radius 1 is 1.04 bits per heavy atom. The molecule has 27 heavy (non-hydrogen) atoms. The molecule has 3 heteroatoms. The second kappa shape index (κ2) is 7.43. The molecule has 1 aliphatic rings. The van der Waals surface area contributed by atoms with Gasteiger partial charge < -0.3 is 9.30 Å². The maximum atomic E-state index is 4.81. The zero-order valence-electron chi connectivity index (χ0n) is 16.3. The Morgan fingerprint density at radius 2 is 1.85 bits per heavy atom. The minimum Gasteiger partial charge on any atom is -0.340 e. The molecule has 1 aromatic carbocycles. The Balaban J connectivity index is 1.61. The molecular formula is C24H27N3. The Labute approximate surface area is 161 Å². The van der Waals surface area contributed by atoms with Crippen molar-refractivity contribution >= 4 is 11.3 Å². The predicted molar refractivity (Wildman–Crippen MR) is 113 cm³/mol. The van der Waals surface area contributed by atoms with Gasteiger partial charge in [-0.1, -0.05) is 56.3 Å². The first-order chi connectivity index (χ1) is 13.1. The normalized spacial score (nSPS) is 16.6. The van der Waals surface area contributed by atoms with Gasteiger partial charge in [-0.2, -0.15) is 0 Å². The van der Waals surface area contributed by atoms with E-state index in [0.717, 1.165) is 18.5 Å². The van der Waals surface area contributed by atoms with E-state index in [1.807, 2.05) is 0 Å². The van der Waals surface area contributed by atoms with Gasteiger partial charge in [-0.3, -0.25) is 0 Å². The molecule has 0 radical (unpaired) electrons. The van der Waals surface area contributed by atoms with Crippen LogP contribution >= 0.6 is 0 Å². The number of benzene rings is 1. The van der Waals surface area contributed by atoms with Crippen LogP contribution in [-0.4, -0.2) is 15.4 Å². The smallest absolute Gasteiger partial charge is 0.137 e. The summed E-state index contributed by atoms with van der Waals surface area (Å²) in [7, 11) is 0. The van der Waals surface area contributed by atoms with Crippen LogP contribution in [0.1, 0.15) is 43.1 Å². The number of anilines is 1. The van der Waals surface area contributed by atoms with E-state index in [2.05, 4.69) is 103 Å². The zero-order valence-corrected chi connectivity index (χ0v) is 16.3. The molecule has 0 amide bonds. The van der Waals surface area contributed by atoms with Crippen molar-refractivity contribution in [3.63, 3.8) is 0 Å². The molecule has 4 rings (SSSR count). The van der Waals surface area contributed by atoms with Gasteiger partial charge in [0.2, 0.25) is 0 Å². The summed E-state index contributed by atoms with van der Waals surface area (Å²) in [6.45, 7) is 6.57. The molecule has 1 atom stereocenters. The third-order valence-electron chi connectivity index (χ3n) is 5.34. The molecular weight excluding hydrogens is 330 g/mol. The molecule has 0 saturated carbocycles. The average molecular weight is 358 g/mol. The number of aryl methyl sites for hydroxylation is 2. The summed E-state index contributed by atoms with van der Waals surface area (Å²) in [4.78, 5) is 7.18. The second-order valence-electron chi connectivity index (χ2n) is 7.58. The molecule has 0 fully saturated rings. The fourth-order valence-corrected chi connectivity index (χ4v) is 3.88. The summed E-state index contributed by atoms with van der Waals surface area (Å²) in [5.41, 5.74) is 6.04. The topological polar surface area (TPSA) is 20.5 Å². The molecule has 0 bridgehead atoms. The number of pyridine rings is 1. The lowest BCUT2D eigenvalue weighted by molar-refractivity contribution is 0.688. The molecule has 3 aromatic rings. The van der Waals surface area contributed by atoms with Crippen LogP contribution in [0.25, 0.3) is 5.65 Å². The van der Waals surface area contributed by atoms with Crippen molar-refractivity contribution in [1.29, 1.82) is 0 Å². The molecule has 138 valence electrons. The summed E-state index contributed by atoms with van der Waals surface area (Å²) in [5, 5.41) is 0. The fraction of sp³-hybridized carbons (Fsp3) is 0.292. The quantitative estimate of drug-likeness (QED) is 0.587. The molecule has 0 spiro atoms. The number of fused-ring (bicyclic) bond motifs is 1. The van der Waals surface area contributed by atoms with Gasteiger partial charge in [0.25, 0.3) is 0 Å². The Morgan fingerprint density at radius 3 is 2.63 bits per heavy atom. The highest BCUT2D eigenvalue weighted by Gasteiger charge is 2.18. The minimum absolute atomic E-state index is 0.362. The first kappa shape index (κ1) is 17.6. The number of hydrogen-bond acceptors (Lipinski definition) is 2. The number of allylic oxidation sites excluding steroid dienone is 2. The van der Waals surface area contributed by atoms with Crippen molar-refractivity contribution in [1.82, 2.24) is 9.38 Å². The standard InChI is InChI=1S/C24H27N3/c1-18(2)24-19(3)27-17-22(14-15-23(27)25-24)26-16-8-7-11-21(26)13-12-20-9-5-4-6-10-20/h4-11,14-18,21H,12-13H2,1-3H3.